The molecule has 1 atom stereocenters. The first-order chi connectivity index (χ1) is 7.61. The van der Waals surface area contributed by atoms with E-state index in [0.717, 1.165) is 10.2 Å². The average Bonchev–Trinajstić information content (AvgIpc) is 2.61. The number of para-hydroxylation sites is 1. The van der Waals surface area contributed by atoms with E-state index in [1.54, 1.807) is 6.07 Å². The fourth-order valence-corrected chi connectivity index (χ4v) is 2.32. The summed E-state index contributed by atoms with van der Waals surface area (Å²) in [6, 6.07) is 7.30. The maximum absolute atomic E-state index is 11.8. The Hall–Kier alpha value is -1.36. The van der Waals surface area contributed by atoms with Crippen LogP contribution in [0.4, 0.5) is 5.69 Å². The molecule has 0 aliphatic carbocycles. The first-order valence-electron chi connectivity index (χ1n) is 4.90. The van der Waals surface area contributed by atoms with Crippen LogP contribution in [0.3, 0.4) is 0 Å². The SMILES string of the molecule is O=C(O)[C@H]1CCN(c2ccccc2Br)C1=O. The Bertz CT molecular complexity index is 447. The van der Waals surface area contributed by atoms with E-state index in [1.807, 2.05) is 18.2 Å². The van der Waals surface area contributed by atoms with Gasteiger partial charge >= 0.3 is 5.97 Å². The molecule has 0 aromatic heterocycles. The molecule has 2 rings (SSSR count). The molecule has 1 aliphatic heterocycles. The third kappa shape index (κ3) is 1.82. The summed E-state index contributed by atoms with van der Waals surface area (Å²) in [5, 5.41) is 8.86. The van der Waals surface area contributed by atoms with Gasteiger partial charge in [0.05, 0.1) is 5.69 Å². The average molecular weight is 284 g/mol. The molecule has 1 amide bonds. The fraction of sp³-hybridized carbons (Fsp3) is 0.273. The van der Waals surface area contributed by atoms with Gasteiger partial charge in [-0.2, -0.15) is 0 Å². The van der Waals surface area contributed by atoms with Crippen LogP contribution in [0.5, 0.6) is 0 Å². The number of amides is 1. The number of hydrogen-bond donors (Lipinski definition) is 1. The number of aliphatic carboxylic acids is 1. The molecule has 1 N–H and O–H groups in total. The van der Waals surface area contributed by atoms with Gasteiger partial charge in [0.25, 0.3) is 0 Å². The number of anilines is 1. The zero-order chi connectivity index (χ0) is 11.7. The van der Waals surface area contributed by atoms with Crippen molar-refractivity contribution in [3.8, 4) is 0 Å². The lowest BCUT2D eigenvalue weighted by Gasteiger charge is -2.17. The van der Waals surface area contributed by atoms with E-state index in [2.05, 4.69) is 15.9 Å². The number of benzene rings is 1. The van der Waals surface area contributed by atoms with Gasteiger partial charge in [-0.15, -0.1) is 0 Å². The van der Waals surface area contributed by atoms with Crippen LogP contribution in [0.15, 0.2) is 28.7 Å². The van der Waals surface area contributed by atoms with Gasteiger partial charge in [0, 0.05) is 11.0 Å². The molecule has 0 saturated carbocycles. The third-order valence-electron chi connectivity index (χ3n) is 2.65. The summed E-state index contributed by atoms with van der Waals surface area (Å²) < 4.78 is 0.800. The summed E-state index contributed by atoms with van der Waals surface area (Å²) in [7, 11) is 0. The van der Waals surface area contributed by atoms with Gasteiger partial charge < -0.3 is 10.0 Å². The van der Waals surface area contributed by atoms with Crippen molar-refractivity contribution in [1.29, 1.82) is 0 Å². The summed E-state index contributed by atoms with van der Waals surface area (Å²) in [5.74, 6) is -2.27. The Morgan fingerprint density at radius 1 is 1.44 bits per heavy atom. The molecule has 5 heteroatoms. The van der Waals surface area contributed by atoms with Crippen molar-refractivity contribution in [2.24, 2.45) is 5.92 Å². The first kappa shape index (κ1) is 11.1. The zero-order valence-corrected chi connectivity index (χ0v) is 9.98. The maximum atomic E-state index is 11.8. The summed E-state index contributed by atoms with van der Waals surface area (Å²) >= 11 is 3.35. The lowest BCUT2D eigenvalue weighted by atomic mass is 10.1. The lowest BCUT2D eigenvalue weighted by molar-refractivity contribution is -0.144. The second kappa shape index (κ2) is 4.25. The largest absolute Gasteiger partial charge is 0.481 e. The van der Waals surface area contributed by atoms with E-state index in [1.165, 1.54) is 4.90 Å². The first-order valence-corrected chi connectivity index (χ1v) is 5.69. The van der Waals surface area contributed by atoms with Crippen LogP contribution < -0.4 is 4.90 Å². The highest BCUT2D eigenvalue weighted by Crippen LogP contribution is 2.31. The standard InChI is InChI=1S/C11H10BrNO3/c12-8-3-1-2-4-9(8)13-6-5-7(10(13)14)11(15)16/h1-4,7H,5-6H2,(H,15,16)/t7-/m0/s1. The van der Waals surface area contributed by atoms with Crippen LogP contribution in [0.2, 0.25) is 0 Å². The van der Waals surface area contributed by atoms with E-state index in [0.29, 0.717) is 13.0 Å². The topological polar surface area (TPSA) is 57.6 Å². The minimum atomic E-state index is -1.04. The summed E-state index contributed by atoms with van der Waals surface area (Å²) in [4.78, 5) is 24.2. The molecule has 0 bridgehead atoms. The van der Waals surface area contributed by atoms with E-state index in [4.69, 9.17) is 5.11 Å². The molecule has 1 aliphatic rings. The molecule has 0 unspecified atom stereocenters. The zero-order valence-electron chi connectivity index (χ0n) is 8.39. The monoisotopic (exact) mass is 283 g/mol. The molecule has 84 valence electrons. The van der Waals surface area contributed by atoms with E-state index in [-0.39, 0.29) is 5.91 Å². The Kier molecular flexibility index (Phi) is 2.96. The highest BCUT2D eigenvalue weighted by molar-refractivity contribution is 9.10. The van der Waals surface area contributed by atoms with Crippen LogP contribution in [0, 0.1) is 5.92 Å². The highest BCUT2D eigenvalue weighted by atomic mass is 79.9. The van der Waals surface area contributed by atoms with Crippen LogP contribution >= 0.6 is 15.9 Å². The highest BCUT2D eigenvalue weighted by Gasteiger charge is 2.37. The molecule has 1 aromatic carbocycles. The Labute approximate surface area is 101 Å². The minimum Gasteiger partial charge on any atom is -0.481 e. The Morgan fingerprint density at radius 3 is 2.69 bits per heavy atom. The van der Waals surface area contributed by atoms with Crippen molar-refractivity contribution in [1.82, 2.24) is 0 Å². The number of carboxylic acids is 1. The van der Waals surface area contributed by atoms with Gasteiger partial charge in [-0.3, -0.25) is 9.59 Å². The summed E-state index contributed by atoms with van der Waals surface area (Å²) in [6.45, 7) is 0.457. The van der Waals surface area contributed by atoms with Crippen LogP contribution in [0.1, 0.15) is 6.42 Å². The van der Waals surface area contributed by atoms with Crippen molar-refractivity contribution in [2.45, 2.75) is 6.42 Å². The molecular formula is C11H10BrNO3. The van der Waals surface area contributed by atoms with E-state index < -0.39 is 11.9 Å². The molecule has 16 heavy (non-hydrogen) atoms. The van der Waals surface area contributed by atoms with Gasteiger partial charge in [-0.25, -0.2) is 0 Å². The van der Waals surface area contributed by atoms with Gasteiger partial charge in [0.15, 0.2) is 0 Å². The molecule has 1 fully saturated rings. The minimum absolute atomic E-state index is 0.334. The van der Waals surface area contributed by atoms with Crippen LogP contribution in [-0.2, 0) is 9.59 Å². The number of carbonyl (C=O) groups excluding carboxylic acids is 1. The van der Waals surface area contributed by atoms with Crippen molar-refractivity contribution < 1.29 is 14.7 Å². The predicted octanol–water partition coefficient (Wildman–Crippen LogP) is 1.89. The number of carbonyl (C=O) groups is 2. The van der Waals surface area contributed by atoms with Crippen LogP contribution in [0.25, 0.3) is 0 Å². The second-order valence-corrected chi connectivity index (χ2v) is 4.48. The second-order valence-electron chi connectivity index (χ2n) is 3.62. The van der Waals surface area contributed by atoms with Gasteiger partial charge in [0.1, 0.15) is 5.92 Å². The number of rotatable bonds is 2. The molecule has 0 radical (unpaired) electrons. The Morgan fingerprint density at radius 2 is 2.12 bits per heavy atom. The Balaban J connectivity index is 2.29. The van der Waals surface area contributed by atoms with Gasteiger partial charge in [-0.1, -0.05) is 12.1 Å². The van der Waals surface area contributed by atoms with E-state index in [9.17, 15) is 9.59 Å². The molecule has 1 saturated heterocycles. The number of carboxylic acid groups (broad SMARTS) is 1. The van der Waals surface area contributed by atoms with Crippen molar-refractivity contribution in [2.75, 3.05) is 11.4 Å². The van der Waals surface area contributed by atoms with Crippen molar-refractivity contribution in [3.05, 3.63) is 28.7 Å². The fourth-order valence-electron chi connectivity index (χ4n) is 1.82. The van der Waals surface area contributed by atoms with Crippen LogP contribution in [-0.4, -0.2) is 23.5 Å². The molecule has 4 nitrogen and oxygen atoms in total. The molecule has 0 spiro atoms. The van der Waals surface area contributed by atoms with Gasteiger partial charge in [-0.05, 0) is 34.5 Å². The summed E-state index contributed by atoms with van der Waals surface area (Å²) in [6.07, 6.45) is 0.371. The quantitative estimate of drug-likeness (QED) is 0.844. The number of halogens is 1. The summed E-state index contributed by atoms with van der Waals surface area (Å²) in [5.41, 5.74) is 0.733. The lowest BCUT2D eigenvalue weighted by Crippen LogP contribution is -2.30. The maximum Gasteiger partial charge on any atom is 0.316 e. The third-order valence-corrected chi connectivity index (χ3v) is 3.32. The van der Waals surface area contributed by atoms with Crippen molar-refractivity contribution >= 4 is 33.5 Å². The smallest absolute Gasteiger partial charge is 0.316 e. The normalized spacial score (nSPS) is 20.2. The molecule has 1 aromatic rings. The van der Waals surface area contributed by atoms with Gasteiger partial charge in [0.2, 0.25) is 5.91 Å². The predicted molar refractivity (Wildman–Crippen MR) is 62.2 cm³/mol. The molecular weight excluding hydrogens is 274 g/mol. The van der Waals surface area contributed by atoms with E-state index >= 15 is 0 Å². The number of nitrogens with zero attached hydrogens (tertiary/aromatic N) is 1. The van der Waals surface area contributed by atoms with Crippen molar-refractivity contribution in [3.63, 3.8) is 0 Å². The molecule has 1 heterocycles. The number of hydrogen-bond acceptors (Lipinski definition) is 2.